The Morgan fingerprint density at radius 2 is 2.18 bits per heavy atom. The Balaban J connectivity index is 2.05. The van der Waals surface area contributed by atoms with Crippen molar-refractivity contribution in [2.24, 2.45) is 11.7 Å². The van der Waals surface area contributed by atoms with Crippen LogP contribution in [0.4, 0.5) is 0 Å². The van der Waals surface area contributed by atoms with Gasteiger partial charge in [-0.05, 0) is 26.2 Å². The van der Waals surface area contributed by atoms with Crippen LogP contribution in [0, 0.1) is 5.92 Å². The zero-order valence-corrected chi connectivity index (χ0v) is 11.2. The highest BCUT2D eigenvalue weighted by atomic mass is 16.5. The van der Waals surface area contributed by atoms with Crippen LogP contribution < -0.4 is 5.73 Å². The van der Waals surface area contributed by atoms with Gasteiger partial charge < -0.3 is 15.2 Å². The Morgan fingerprint density at radius 3 is 2.65 bits per heavy atom. The predicted octanol–water partition coefficient (Wildman–Crippen LogP) is 0.851. The monoisotopic (exact) mass is 242 g/mol. The molecule has 2 fully saturated rings. The molecule has 17 heavy (non-hydrogen) atoms. The summed E-state index contributed by atoms with van der Waals surface area (Å²) in [4.78, 5) is 2.58. The van der Waals surface area contributed by atoms with E-state index in [9.17, 15) is 0 Å². The van der Waals surface area contributed by atoms with E-state index in [-0.39, 0.29) is 5.54 Å². The van der Waals surface area contributed by atoms with Gasteiger partial charge in [0.15, 0.2) is 0 Å². The van der Waals surface area contributed by atoms with Crippen LogP contribution in [0.3, 0.4) is 0 Å². The smallest absolute Gasteiger partial charge is 0.0590 e. The zero-order valence-electron chi connectivity index (χ0n) is 11.2. The van der Waals surface area contributed by atoms with Crippen molar-refractivity contribution in [2.45, 2.75) is 37.8 Å². The van der Waals surface area contributed by atoms with Crippen LogP contribution in [-0.2, 0) is 9.47 Å². The molecule has 2 rings (SSSR count). The Labute approximate surface area is 104 Å². The van der Waals surface area contributed by atoms with Gasteiger partial charge in [0.1, 0.15) is 0 Å². The van der Waals surface area contributed by atoms with Crippen molar-refractivity contribution in [1.82, 2.24) is 4.90 Å². The fraction of sp³-hybridized carbons (Fsp3) is 1.00. The van der Waals surface area contributed by atoms with Crippen LogP contribution >= 0.6 is 0 Å². The van der Waals surface area contributed by atoms with Gasteiger partial charge in [-0.1, -0.05) is 0 Å². The second-order valence-electron chi connectivity index (χ2n) is 5.54. The molecule has 2 atom stereocenters. The lowest BCUT2D eigenvalue weighted by Gasteiger charge is -2.44. The molecule has 1 saturated heterocycles. The number of nitrogens with two attached hydrogens (primary N) is 1. The van der Waals surface area contributed by atoms with Crippen LogP contribution in [-0.4, -0.2) is 56.5 Å². The maximum atomic E-state index is 6.09. The van der Waals surface area contributed by atoms with Gasteiger partial charge in [0.05, 0.1) is 13.2 Å². The molecule has 2 unspecified atom stereocenters. The van der Waals surface area contributed by atoms with Crippen molar-refractivity contribution in [3.8, 4) is 0 Å². The lowest BCUT2D eigenvalue weighted by Crippen LogP contribution is -2.58. The highest BCUT2D eigenvalue weighted by Gasteiger charge is 2.45. The number of hydrogen-bond acceptors (Lipinski definition) is 4. The molecular formula is C13H26N2O2. The van der Waals surface area contributed by atoms with E-state index in [1.807, 2.05) is 0 Å². The second-order valence-corrected chi connectivity index (χ2v) is 5.54. The van der Waals surface area contributed by atoms with Crippen LogP contribution in [0.2, 0.25) is 0 Å². The first kappa shape index (κ1) is 13.3. The van der Waals surface area contributed by atoms with E-state index >= 15 is 0 Å². The second kappa shape index (κ2) is 5.65. The van der Waals surface area contributed by atoms with E-state index in [4.69, 9.17) is 15.2 Å². The maximum absolute atomic E-state index is 6.09. The topological polar surface area (TPSA) is 47.7 Å². The Bertz CT molecular complexity index is 240. The summed E-state index contributed by atoms with van der Waals surface area (Å²) in [5.74, 6) is 0.574. The summed E-state index contributed by atoms with van der Waals surface area (Å²) in [5.41, 5.74) is 6.17. The van der Waals surface area contributed by atoms with Crippen LogP contribution in [0.5, 0.6) is 0 Å². The van der Waals surface area contributed by atoms with Gasteiger partial charge in [-0.15, -0.1) is 0 Å². The van der Waals surface area contributed by atoms with Gasteiger partial charge in [0.2, 0.25) is 0 Å². The summed E-state index contributed by atoms with van der Waals surface area (Å²) in [5, 5.41) is 0. The largest absolute Gasteiger partial charge is 0.383 e. The number of methoxy groups -OCH3 is 1. The summed E-state index contributed by atoms with van der Waals surface area (Å²) in [6, 6.07) is 0.722. The summed E-state index contributed by atoms with van der Waals surface area (Å²) in [7, 11) is 1.77. The highest BCUT2D eigenvalue weighted by molar-refractivity contribution is 5.01. The molecular weight excluding hydrogens is 216 g/mol. The lowest BCUT2D eigenvalue weighted by molar-refractivity contribution is 0.0189. The first-order chi connectivity index (χ1) is 8.22. The van der Waals surface area contributed by atoms with E-state index in [2.05, 4.69) is 11.8 Å². The molecule has 4 nitrogen and oxygen atoms in total. The minimum atomic E-state index is 0.0796. The molecule has 1 heterocycles. The molecule has 1 saturated carbocycles. The number of ether oxygens (including phenoxy) is 2. The molecule has 1 aliphatic heterocycles. The molecule has 0 aromatic carbocycles. The van der Waals surface area contributed by atoms with Gasteiger partial charge in [-0.3, -0.25) is 4.90 Å². The Kier molecular flexibility index (Phi) is 4.42. The van der Waals surface area contributed by atoms with Crippen LogP contribution in [0.25, 0.3) is 0 Å². The van der Waals surface area contributed by atoms with Crippen molar-refractivity contribution in [2.75, 3.05) is 40.0 Å². The standard InChI is InChI=1S/C13H26N2O2/c1-13(10-14,11-5-7-17-9-11)15(6-8-16-2)12-3-4-12/h11-12H,3-10,14H2,1-2H3. The third-order valence-electron chi connectivity index (χ3n) is 4.40. The van der Waals surface area contributed by atoms with Crippen LogP contribution in [0.15, 0.2) is 0 Å². The first-order valence-corrected chi connectivity index (χ1v) is 6.76. The van der Waals surface area contributed by atoms with Crippen molar-refractivity contribution in [1.29, 1.82) is 0 Å². The van der Waals surface area contributed by atoms with E-state index in [0.29, 0.717) is 12.5 Å². The van der Waals surface area contributed by atoms with Gasteiger partial charge >= 0.3 is 0 Å². The summed E-state index contributed by atoms with van der Waals surface area (Å²) < 4.78 is 10.8. The Hall–Kier alpha value is -0.160. The number of nitrogens with zero attached hydrogens (tertiary/aromatic N) is 1. The third-order valence-corrected chi connectivity index (χ3v) is 4.40. The van der Waals surface area contributed by atoms with Crippen molar-refractivity contribution < 1.29 is 9.47 Å². The zero-order chi connectivity index (χ0) is 12.3. The summed E-state index contributed by atoms with van der Waals surface area (Å²) in [6.07, 6.45) is 3.77. The van der Waals surface area contributed by atoms with Gasteiger partial charge in [0.25, 0.3) is 0 Å². The fourth-order valence-corrected chi connectivity index (χ4v) is 2.97. The van der Waals surface area contributed by atoms with Crippen molar-refractivity contribution in [3.63, 3.8) is 0 Å². The molecule has 2 N–H and O–H groups in total. The minimum Gasteiger partial charge on any atom is -0.383 e. The predicted molar refractivity (Wildman–Crippen MR) is 68.0 cm³/mol. The molecule has 2 aliphatic rings. The summed E-state index contributed by atoms with van der Waals surface area (Å²) in [6.45, 7) is 6.56. The lowest BCUT2D eigenvalue weighted by atomic mass is 9.83. The Morgan fingerprint density at radius 1 is 1.41 bits per heavy atom. The molecule has 4 heteroatoms. The molecule has 1 aliphatic carbocycles. The highest BCUT2D eigenvalue weighted by Crippen LogP contribution is 2.38. The first-order valence-electron chi connectivity index (χ1n) is 6.76. The maximum Gasteiger partial charge on any atom is 0.0590 e. The van der Waals surface area contributed by atoms with Gasteiger partial charge in [-0.25, -0.2) is 0 Å². The van der Waals surface area contributed by atoms with Crippen molar-refractivity contribution >= 4 is 0 Å². The molecule has 0 bridgehead atoms. The minimum absolute atomic E-state index is 0.0796. The SMILES string of the molecule is COCCN(C1CC1)C(C)(CN)C1CCOC1. The van der Waals surface area contributed by atoms with Gasteiger partial charge in [0, 0.05) is 44.3 Å². The quantitative estimate of drug-likeness (QED) is 0.719. The fourth-order valence-electron chi connectivity index (χ4n) is 2.97. The van der Waals surface area contributed by atoms with E-state index in [1.165, 1.54) is 12.8 Å². The normalized spacial score (nSPS) is 28.6. The average Bonchev–Trinajstić information content (AvgIpc) is 3.02. The van der Waals surface area contributed by atoms with Crippen LogP contribution in [0.1, 0.15) is 26.2 Å². The molecule has 0 radical (unpaired) electrons. The number of rotatable bonds is 7. The molecule has 0 amide bonds. The average molecular weight is 242 g/mol. The van der Waals surface area contributed by atoms with E-state index in [0.717, 1.165) is 38.8 Å². The molecule has 0 aromatic heterocycles. The van der Waals surface area contributed by atoms with E-state index in [1.54, 1.807) is 7.11 Å². The summed E-state index contributed by atoms with van der Waals surface area (Å²) >= 11 is 0. The molecule has 0 aromatic rings. The molecule has 100 valence electrons. The number of hydrogen-bond donors (Lipinski definition) is 1. The molecule has 0 spiro atoms. The third kappa shape index (κ3) is 2.81. The van der Waals surface area contributed by atoms with E-state index < -0.39 is 0 Å². The van der Waals surface area contributed by atoms with Gasteiger partial charge in [-0.2, -0.15) is 0 Å². The van der Waals surface area contributed by atoms with Crippen molar-refractivity contribution in [3.05, 3.63) is 0 Å².